The summed E-state index contributed by atoms with van der Waals surface area (Å²) in [6, 6.07) is 10.4. The van der Waals surface area contributed by atoms with Gasteiger partial charge in [-0.15, -0.1) is 0 Å². The number of H-pyrrole nitrogens is 1. The van der Waals surface area contributed by atoms with E-state index in [2.05, 4.69) is 40.1 Å². The summed E-state index contributed by atoms with van der Waals surface area (Å²) in [5.74, 6) is 2.14. The van der Waals surface area contributed by atoms with E-state index in [4.69, 9.17) is 9.72 Å². The normalized spacial score (nSPS) is 17.4. The van der Waals surface area contributed by atoms with E-state index in [9.17, 15) is 9.59 Å². The fourth-order valence-electron chi connectivity index (χ4n) is 6.66. The van der Waals surface area contributed by atoms with Crippen molar-refractivity contribution in [3.63, 3.8) is 0 Å². The zero-order valence-corrected chi connectivity index (χ0v) is 25.0. The highest BCUT2D eigenvalue weighted by Crippen LogP contribution is 2.53. The molecule has 1 aliphatic carbocycles. The number of nitrogens with one attached hydrogen (secondary N) is 2. The lowest BCUT2D eigenvalue weighted by Gasteiger charge is -2.60. The number of benzene rings is 1. The molecular formula is C33H45N5O3. The molecule has 1 saturated carbocycles. The smallest absolute Gasteiger partial charge is 0.223 e. The lowest BCUT2D eigenvalue weighted by molar-refractivity contribution is -0.133. The number of Topliss-reactive ketones (excluding diaryl/α,β-unsaturated/α-hetero) is 1. The predicted molar refractivity (Wildman–Crippen MR) is 162 cm³/mol. The predicted octanol–water partition coefficient (Wildman–Crippen LogP) is 6.23. The van der Waals surface area contributed by atoms with Crippen LogP contribution in [-0.2, 0) is 9.59 Å². The second kappa shape index (κ2) is 12.7. The Kier molecular flexibility index (Phi) is 9.07. The van der Waals surface area contributed by atoms with E-state index in [0.29, 0.717) is 48.3 Å². The number of rotatable bonds is 14. The van der Waals surface area contributed by atoms with Crippen molar-refractivity contribution in [2.45, 2.75) is 90.6 Å². The van der Waals surface area contributed by atoms with Gasteiger partial charge in [0.1, 0.15) is 11.6 Å². The minimum absolute atomic E-state index is 0.0963. The summed E-state index contributed by atoms with van der Waals surface area (Å²) < 4.78 is 5.62. The Balaban J connectivity index is 1.25. The zero-order chi connectivity index (χ0) is 29.0. The van der Waals surface area contributed by atoms with Crippen LogP contribution in [0.25, 0.3) is 22.2 Å². The summed E-state index contributed by atoms with van der Waals surface area (Å²) in [6.45, 7) is 8.77. The first kappa shape index (κ1) is 29.2. The van der Waals surface area contributed by atoms with Gasteiger partial charge in [0.2, 0.25) is 11.8 Å². The molecule has 1 aromatic carbocycles. The molecule has 41 heavy (non-hydrogen) atoms. The lowest BCUT2D eigenvalue weighted by atomic mass is 9.56. The number of pyridine rings is 1. The molecule has 3 heterocycles. The highest BCUT2D eigenvalue weighted by atomic mass is 16.5. The molecule has 220 valence electrons. The largest absolute Gasteiger partial charge is 0.480 e. The second-order valence-electron chi connectivity index (χ2n) is 12.5. The number of imidazole rings is 1. The summed E-state index contributed by atoms with van der Waals surface area (Å²) in [7, 11) is 1.62. The van der Waals surface area contributed by atoms with E-state index in [1.165, 1.54) is 13.1 Å². The van der Waals surface area contributed by atoms with Crippen molar-refractivity contribution < 1.29 is 14.3 Å². The van der Waals surface area contributed by atoms with E-state index in [1.54, 1.807) is 13.3 Å². The summed E-state index contributed by atoms with van der Waals surface area (Å²) in [4.78, 5) is 40.3. The molecule has 1 atom stereocenters. The second-order valence-corrected chi connectivity index (χ2v) is 12.5. The average Bonchev–Trinajstić information content (AvgIpc) is 3.41. The van der Waals surface area contributed by atoms with Crippen molar-refractivity contribution in [1.29, 1.82) is 0 Å². The monoisotopic (exact) mass is 559 g/mol. The maximum atomic E-state index is 13.2. The van der Waals surface area contributed by atoms with Crippen LogP contribution in [0.3, 0.4) is 0 Å². The highest BCUT2D eigenvalue weighted by Gasteiger charge is 2.52. The summed E-state index contributed by atoms with van der Waals surface area (Å²) >= 11 is 0. The van der Waals surface area contributed by atoms with Crippen molar-refractivity contribution in [2.75, 3.05) is 20.2 Å². The maximum Gasteiger partial charge on any atom is 0.223 e. The number of fused-ring (bicyclic) bond motifs is 1. The number of ether oxygens (including phenoxy) is 1. The molecule has 0 bridgehead atoms. The molecule has 1 amide bonds. The quantitative estimate of drug-likeness (QED) is 0.227. The van der Waals surface area contributed by atoms with Gasteiger partial charge < -0.3 is 15.0 Å². The molecule has 1 saturated heterocycles. The van der Waals surface area contributed by atoms with Crippen molar-refractivity contribution in [1.82, 2.24) is 25.2 Å². The molecule has 1 spiro atoms. The molecule has 2 aromatic heterocycles. The van der Waals surface area contributed by atoms with Gasteiger partial charge in [0.15, 0.2) is 0 Å². The van der Waals surface area contributed by atoms with E-state index in [1.807, 2.05) is 31.2 Å². The van der Waals surface area contributed by atoms with Crippen molar-refractivity contribution in [3.05, 3.63) is 42.4 Å². The van der Waals surface area contributed by atoms with Crippen LogP contribution in [0.2, 0.25) is 0 Å². The van der Waals surface area contributed by atoms with Gasteiger partial charge in [-0.2, -0.15) is 0 Å². The van der Waals surface area contributed by atoms with Gasteiger partial charge in [0, 0.05) is 43.8 Å². The Morgan fingerprint density at radius 2 is 1.95 bits per heavy atom. The van der Waals surface area contributed by atoms with Crippen LogP contribution in [0.4, 0.5) is 0 Å². The Morgan fingerprint density at radius 1 is 1.17 bits per heavy atom. The van der Waals surface area contributed by atoms with E-state index in [0.717, 1.165) is 66.5 Å². The number of hydrogen-bond acceptors (Lipinski definition) is 6. The minimum atomic E-state index is -0.216. The number of aromatic amines is 1. The molecule has 2 aliphatic rings. The van der Waals surface area contributed by atoms with Crippen molar-refractivity contribution >= 4 is 22.6 Å². The van der Waals surface area contributed by atoms with Crippen LogP contribution in [0.15, 0.2) is 36.5 Å². The van der Waals surface area contributed by atoms with Crippen LogP contribution in [0, 0.1) is 11.3 Å². The van der Waals surface area contributed by atoms with Gasteiger partial charge in [-0.3, -0.25) is 14.5 Å². The van der Waals surface area contributed by atoms with Crippen LogP contribution >= 0.6 is 0 Å². The number of aromatic nitrogens is 3. The summed E-state index contributed by atoms with van der Waals surface area (Å²) in [5, 5.41) is 4.32. The third kappa shape index (κ3) is 6.80. The number of hydrogen-bond donors (Lipinski definition) is 2. The van der Waals surface area contributed by atoms with Crippen LogP contribution < -0.4 is 10.1 Å². The Morgan fingerprint density at radius 3 is 2.68 bits per heavy atom. The fraction of sp³-hybridized carbons (Fsp3) is 0.576. The minimum Gasteiger partial charge on any atom is -0.480 e. The number of ketones is 1. The summed E-state index contributed by atoms with van der Waals surface area (Å²) in [6.07, 6.45) is 9.42. The molecule has 0 radical (unpaired) electrons. The number of nitrogens with zero attached hydrogens (tertiary/aromatic N) is 3. The zero-order valence-electron chi connectivity index (χ0n) is 25.0. The number of amides is 1. The molecular weight excluding hydrogens is 514 g/mol. The van der Waals surface area contributed by atoms with E-state index >= 15 is 0 Å². The lowest BCUT2D eigenvalue weighted by Crippen LogP contribution is -2.64. The number of carbonyl (C=O) groups excluding carboxylic acids is 2. The number of likely N-dealkylation sites (tertiary alicyclic amines) is 1. The van der Waals surface area contributed by atoms with Gasteiger partial charge >= 0.3 is 0 Å². The number of unbranched alkanes of at least 4 members (excludes halogenated alkanes) is 2. The van der Waals surface area contributed by atoms with Gasteiger partial charge in [0.25, 0.3) is 0 Å². The molecule has 5 rings (SSSR count). The molecule has 2 fully saturated rings. The topological polar surface area (TPSA) is 100 Å². The van der Waals surface area contributed by atoms with Crippen LogP contribution in [-0.4, -0.2) is 57.8 Å². The highest BCUT2D eigenvalue weighted by molar-refractivity contribution is 5.85. The fourth-order valence-corrected chi connectivity index (χ4v) is 6.66. The first-order valence-corrected chi connectivity index (χ1v) is 15.3. The molecule has 0 unspecified atom stereocenters. The molecule has 8 heteroatoms. The number of para-hydroxylation sites is 1. The molecule has 1 aliphatic heterocycles. The Bertz CT molecular complexity index is 1350. The first-order valence-electron chi connectivity index (χ1n) is 15.3. The summed E-state index contributed by atoms with van der Waals surface area (Å²) in [5.41, 5.74) is 2.97. The SMILES string of the molecule is CCC(=O)CCCCC[C@H](NC(=O)CC1CC2(C1)CN(C(C)C)C2)c1ncc(-c2cc3ccccc3nc2OC)[nH]1. The molecule has 2 N–H and O–H groups in total. The van der Waals surface area contributed by atoms with Crippen molar-refractivity contribution in [3.8, 4) is 17.1 Å². The maximum absolute atomic E-state index is 13.2. The van der Waals surface area contributed by atoms with E-state index < -0.39 is 0 Å². The Hall–Kier alpha value is -3.26. The van der Waals surface area contributed by atoms with Gasteiger partial charge in [-0.1, -0.05) is 38.0 Å². The Labute approximate surface area is 243 Å². The average molecular weight is 560 g/mol. The first-order chi connectivity index (χ1) is 19.8. The van der Waals surface area contributed by atoms with Gasteiger partial charge in [0.05, 0.1) is 36.1 Å². The number of carbonyl (C=O) groups is 2. The molecule has 8 nitrogen and oxygen atoms in total. The number of methoxy groups -OCH3 is 1. The van der Waals surface area contributed by atoms with Crippen LogP contribution in [0.1, 0.15) is 90.4 Å². The third-order valence-corrected chi connectivity index (χ3v) is 9.00. The van der Waals surface area contributed by atoms with Gasteiger partial charge in [-0.05, 0) is 63.0 Å². The van der Waals surface area contributed by atoms with Gasteiger partial charge in [-0.25, -0.2) is 9.97 Å². The third-order valence-electron chi connectivity index (χ3n) is 9.00. The van der Waals surface area contributed by atoms with Crippen LogP contribution in [0.5, 0.6) is 5.88 Å². The van der Waals surface area contributed by atoms with Crippen molar-refractivity contribution in [2.24, 2.45) is 11.3 Å². The standard InChI is InChI=1S/C33H45N5O3/c1-5-25(39)12-7-6-8-14-28(35-30(40)15-23-17-33(18-23)20-38(21-33)22(2)3)31-34-19-29(36-31)26-16-24-11-9-10-13-27(24)37-32(26)41-4/h9-11,13,16,19,22-23,28H,5-8,12,14-15,17-18,20-21H2,1-4H3,(H,34,36)(H,35,40)/t28-/m0/s1. The van der Waals surface area contributed by atoms with E-state index in [-0.39, 0.29) is 11.9 Å². The molecule has 3 aromatic rings.